The molecule has 6 rings (SSSR count). The molecule has 3 aromatic carbocycles. The average molecular weight is 710 g/mol. The molecule has 3 heterocycles. The number of halogens is 2. The zero-order chi connectivity index (χ0) is 36.8. The van der Waals surface area contributed by atoms with Crippen LogP contribution in [0.4, 0.5) is 30.9 Å². The number of aromatic nitrogens is 3. The predicted octanol–water partition coefficient (Wildman–Crippen LogP) is 6.62. The van der Waals surface area contributed by atoms with Gasteiger partial charge in [-0.2, -0.15) is 5.10 Å². The molecular formula is C39H41F2N7O4. The van der Waals surface area contributed by atoms with Crippen LogP contribution in [0.25, 0.3) is 16.9 Å². The minimum Gasteiger partial charge on any atom is -0.492 e. The zero-order valence-corrected chi connectivity index (χ0v) is 29.3. The van der Waals surface area contributed by atoms with Crippen LogP contribution in [0.1, 0.15) is 32.0 Å². The van der Waals surface area contributed by atoms with E-state index >= 15 is 0 Å². The highest BCUT2D eigenvalue weighted by Gasteiger charge is 2.25. The first-order chi connectivity index (χ1) is 25.0. The molecule has 0 spiro atoms. The van der Waals surface area contributed by atoms with Crippen LogP contribution in [0.2, 0.25) is 0 Å². The molecule has 13 heteroatoms. The third kappa shape index (κ3) is 8.61. The summed E-state index contributed by atoms with van der Waals surface area (Å²) in [5.41, 5.74) is 7.94. The van der Waals surface area contributed by atoms with Crippen LogP contribution in [0, 0.1) is 11.6 Å². The van der Waals surface area contributed by atoms with Gasteiger partial charge in [-0.05, 0) is 60.2 Å². The van der Waals surface area contributed by atoms with Gasteiger partial charge in [-0.3, -0.25) is 9.69 Å². The Hall–Kier alpha value is -5.66. The monoisotopic (exact) mass is 709 g/mol. The number of rotatable bonds is 11. The molecule has 0 atom stereocenters. The number of primary amides is 1. The summed E-state index contributed by atoms with van der Waals surface area (Å²) in [6, 6.07) is 23.5. The van der Waals surface area contributed by atoms with Crippen molar-refractivity contribution in [1.82, 2.24) is 19.7 Å². The number of hydrogen-bond acceptors (Lipinski definition) is 7. The maximum absolute atomic E-state index is 14.6. The van der Waals surface area contributed by atoms with Crippen LogP contribution in [0.15, 0.2) is 91.0 Å². The smallest absolute Gasteiger partial charge is 0.325 e. The summed E-state index contributed by atoms with van der Waals surface area (Å²) in [6.45, 7) is 10.9. The maximum Gasteiger partial charge on any atom is 0.325 e. The lowest BCUT2D eigenvalue weighted by molar-refractivity contribution is -0.115. The number of ether oxygens (including phenoxy) is 2. The number of hydrogen-bond donors (Lipinski definition) is 2. The van der Waals surface area contributed by atoms with Gasteiger partial charge in [0.25, 0.3) is 0 Å². The fraction of sp³-hybridized carbons (Fsp3) is 0.282. The Morgan fingerprint density at radius 2 is 1.63 bits per heavy atom. The van der Waals surface area contributed by atoms with Crippen molar-refractivity contribution in [2.75, 3.05) is 49.7 Å². The van der Waals surface area contributed by atoms with Crippen molar-refractivity contribution in [3.05, 3.63) is 114 Å². The summed E-state index contributed by atoms with van der Waals surface area (Å²) in [5, 5.41) is 7.87. The van der Waals surface area contributed by atoms with Gasteiger partial charge < -0.3 is 20.5 Å². The predicted molar refractivity (Wildman–Crippen MR) is 195 cm³/mol. The Bertz CT molecular complexity index is 2020. The Morgan fingerprint density at radius 3 is 2.33 bits per heavy atom. The number of nitrogens with zero attached hydrogens (tertiary/aromatic N) is 5. The topological polar surface area (TPSA) is 128 Å². The first kappa shape index (κ1) is 36.1. The minimum atomic E-state index is -1.10. The summed E-state index contributed by atoms with van der Waals surface area (Å²) < 4.78 is 42.3. The number of anilines is 3. The van der Waals surface area contributed by atoms with Crippen LogP contribution in [0.3, 0.4) is 0 Å². The summed E-state index contributed by atoms with van der Waals surface area (Å²) in [4.78, 5) is 33.3. The summed E-state index contributed by atoms with van der Waals surface area (Å²) >= 11 is 0. The molecule has 1 aliphatic heterocycles. The van der Waals surface area contributed by atoms with Crippen molar-refractivity contribution in [1.29, 1.82) is 0 Å². The fourth-order valence-corrected chi connectivity index (χ4v) is 5.80. The molecule has 52 heavy (non-hydrogen) atoms. The molecule has 1 fully saturated rings. The Morgan fingerprint density at radius 1 is 0.942 bits per heavy atom. The Labute approximate surface area is 301 Å². The van der Waals surface area contributed by atoms with Crippen LogP contribution in [-0.2, 0) is 21.4 Å². The second-order valence-corrected chi connectivity index (χ2v) is 13.4. The van der Waals surface area contributed by atoms with Crippen molar-refractivity contribution in [2.24, 2.45) is 5.73 Å². The molecule has 0 radical (unpaired) electrons. The quantitative estimate of drug-likeness (QED) is 0.158. The Kier molecular flexibility index (Phi) is 10.9. The summed E-state index contributed by atoms with van der Waals surface area (Å²) in [7, 11) is 0. The molecule has 0 unspecified atom stereocenters. The molecule has 5 aromatic rings. The first-order valence-corrected chi connectivity index (χ1v) is 17.0. The van der Waals surface area contributed by atoms with E-state index in [-0.39, 0.29) is 23.6 Å². The van der Waals surface area contributed by atoms with Gasteiger partial charge in [-0.25, -0.2) is 28.1 Å². The van der Waals surface area contributed by atoms with E-state index in [1.165, 1.54) is 12.1 Å². The van der Waals surface area contributed by atoms with E-state index in [1.54, 1.807) is 35.0 Å². The van der Waals surface area contributed by atoms with Gasteiger partial charge >= 0.3 is 6.03 Å². The highest BCUT2D eigenvalue weighted by molar-refractivity contribution is 5.98. The molecule has 3 N–H and O–H groups in total. The number of carbonyl (C=O) groups excluding carboxylic acids is 2. The van der Waals surface area contributed by atoms with Gasteiger partial charge in [0.1, 0.15) is 41.3 Å². The van der Waals surface area contributed by atoms with Crippen LogP contribution < -0.4 is 20.7 Å². The normalized spacial score (nSPS) is 13.5. The molecule has 3 amide bonds. The van der Waals surface area contributed by atoms with E-state index < -0.39 is 23.4 Å². The van der Waals surface area contributed by atoms with E-state index in [4.69, 9.17) is 20.3 Å². The fourth-order valence-electron chi connectivity index (χ4n) is 5.80. The summed E-state index contributed by atoms with van der Waals surface area (Å²) in [5.74, 6) is -0.987. The molecule has 0 aliphatic carbocycles. The number of amides is 3. The SMILES string of the molecule is CC(C)(C)c1cc(NC(=O)Cc2cccc(-c3cccc(N(C(N)=O)c4c(F)cccc4F)n3)c2)n(-c2ccc(OCCN3CCOCC3)cc2)n1. The number of urea groups is 1. The second kappa shape index (κ2) is 15.7. The van der Waals surface area contributed by atoms with E-state index in [1.807, 2.05) is 36.4 Å². The number of carbonyl (C=O) groups is 2. The zero-order valence-electron chi connectivity index (χ0n) is 29.3. The van der Waals surface area contributed by atoms with Crippen molar-refractivity contribution in [3.63, 3.8) is 0 Å². The van der Waals surface area contributed by atoms with Gasteiger partial charge in [0.2, 0.25) is 5.91 Å². The third-order valence-corrected chi connectivity index (χ3v) is 8.54. The number of morpholine rings is 1. The molecule has 11 nitrogen and oxygen atoms in total. The molecule has 0 bridgehead atoms. The number of nitrogens with two attached hydrogens (primary N) is 1. The maximum atomic E-state index is 14.6. The van der Waals surface area contributed by atoms with Gasteiger partial charge in [0.15, 0.2) is 0 Å². The van der Waals surface area contributed by atoms with Gasteiger partial charge in [0.05, 0.1) is 36.7 Å². The van der Waals surface area contributed by atoms with Gasteiger partial charge in [0, 0.05) is 36.7 Å². The minimum absolute atomic E-state index is 0.0351. The van der Waals surface area contributed by atoms with Crippen molar-refractivity contribution >= 4 is 29.3 Å². The number of para-hydroxylation sites is 1. The molecule has 2 aromatic heterocycles. The molecule has 1 saturated heterocycles. The lowest BCUT2D eigenvalue weighted by Crippen LogP contribution is -2.38. The van der Waals surface area contributed by atoms with E-state index in [0.29, 0.717) is 34.1 Å². The van der Waals surface area contributed by atoms with Crippen LogP contribution >= 0.6 is 0 Å². The van der Waals surface area contributed by atoms with Crippen LogP contribution in [-0.4, -0.2) is 71.1 Å². The van der Waals surface area contributed by atoms with Crippen LogP contribution in [0.5, 0.6) is 5.75 Å². The van der Waals surface area contributed by atoms with E-state index in [9.17, 15) is 18.4 Å². The van der Waals surface area contributed by atoms with E-state index in [0.717, 1.165) is 62.1 Å². The summed E-state index contributed by atoms with van der Waals surface area (Å²) in [6.07, 6.45) is 0.0351. The second-order valence-electron chi connectivity index (χ2n) is 13.4. The molecule has 270 valence electrons. The lowest BCUT2D eigenvalue weighted by Gasteiger charge is -2.26. The number of benzene rings is 3. The third-order valence-electron chi connectivity index (χ3n) is 8.54. The highest BCUT2D eigenvalue weighted by Crippen LogP contribution is 2.31. The number of nitrogens with one attached hydrogen (secondary N) is 1. The largest absolute Gasteiger partial charge is 0.492 e. The van der Waals surface area contributed by atoms with Crippen molar-refractivity contribution in [3.8, 4) is 22.7 Å². The van der Waals surface area contributed by atoms with Crippen molar-refractivity contribution in [2.45, 2.75) is 32.6 Å². The van der Waals surface area contributed by atoms with Gasteiger partial charge in [-0.15, -0.1) is 0 Å². The molecule has 1 aliphatic rings. The highest BCUT2D eigenvalue weighted by atomic mass is 19.1. The Balaban J connectivity index is 1.17. The first-order valence-electron chi connectivity index (χ1n) is 17.0. The van der Waals surface area contributed by atoms with E-state index in [2.05, 4.69) is 36.0 Å². The lowest BCUT2D eigenvalue weighted by atomic mass is 9.92. The van der Waals surface area contributed by atoms with Crippen molar-refractivity contribution < 1.29 is 27.8 Å². The van der Waals surface area contributed by atoms with Gasteiger partial charge in [-0.1, -0.05) is 51.1 Å². The number of pyridine rings is 1. The molecular weight excluding hydrogens is 668 g/mol. The molecule has 0 saturated carbocycles. The standard InChI is InChI=1S/C39H41F2N7O4/c1-39(2,3)33-25-35(48(45-33)28-13-15-29(16-14-28)52-22-19-46-17-20-51-21-18-46)44-36(49)24-26-7-4-8-27(23-26)32-11-6-12-34(43-32)47(38(42)50)37-30(40)9-5-10-31(37)41/h4-16,23,25H,17-22,24H2,1-3H3,(H2,42,50)(H,44,49). The average Bonchev–Trinajstić information content (AvgIpc) is 3.55.